The Morgan fingerprint density at radius 2 is 1.04 bits per heavy atom. The fourth-order valence-corrected chi connectivity index (χ4v) is 10.6. The number of aromatic hydroxyl groups is 3. The summed E-state index contributed by atoms with van der Waals surface area (Å²) in [4.78, 5) is 38.8. The van der Waals surface area contributed by atoms with E-state index in [1.165, 1.54) is 11.1 Å². The third-order valence-electron chi connectivity index (χ3n) is 15.8. The number of carbonyl (C=O) groups is 1. The molecule has 12 rings (SSSR count). The van der Waals surface area contributed by atoms with Gasteiger partial charge in [-0.25, -0.2) is 29.9 Å². The molecule has 4 heterocycles. The van der Waals surface area contributed by atoms with E-state index >= 15 is 0 Å². The number of anilines is 2. The molecule has 0 fully saturated rings. The summed E-state index contributed by atoms with van der Waals surface area (Å²) in [7, 11) is -1.15. The zero-order valence-electron chi connectivity index (χ0n) is 55.8. The molecule has 1 radical (unpaired) electrons. The number of aryl methyl sites for hydroxylation is 2. The summed E-state index contributed by atoms with van der Waals surface area (Å²) >= 11 is 3.26. The smallest absolute Gasteiger partial charge is 0.544 e. The van der Waals surface area contributed by atoms with Crippen LogP contribution in [0.4, 0.5) is 11.6 Å². The molecule has 0 bridgehead atoms. The van der Waals surface area contributed by atoms with Gasteiger partial charge in [0.2, 0.25) is 14.2 Å². The van der Waals surface area contributed by atoms with Crippen molar-refractivity contribution in [2.24, 2.45) is 0 Å². The van der Waals surface area contributed by atoms with Crippen molar-refractivity contribution in [3.8, 4) is 85.2 Å². The Balaban J connectivity index is 0.000000163. The van der Waals surface area contributed by atoms with Gasteiger partial charge in [0.1, 0.15) is 50.9 Å². The summed E-state index contributed by atoms with van der Waals surface area (Å²) in [6, 6.07) is 66.5. The fourth-order valence-electron chi connectivity index (χ4n) is 9.25. The number of hydrogen-bond acceptors (Lipinski definition) is 16. The van der Waals surface area contributed by atoms with Gasteiger partial charge in [-0.2, -0.15) is 0 Å². The highest BCUT2D eigenvalue weighted by atomic mass is 79.9. The normalized spacial score (nSPS) is 11.2. The summed E-state index contributed by atoms with van der Waals surface area (Å²) in [5, 5.41) is 38.5. The number of hydrogen-bond donors (Lipinski definition) is 6. The number of benzene rings is 8. The second-order valence-corrected chi connectivity index (χ2v) is 29.6. The molecular formula is C77H80BBrN9O8Si. The molecular weight excluding hydrogens is 1300 g/mol. The molecule has 495 valence electrons. The molecule has 20 heteroatoms. The summed E-state index contributed by atoms with van der Waals surface area (Å²) in [6.07, 6.45) is 5.61. The SMILES string of the molecule is CCOC(C)C(=O)Cc1ccc(O[Si](C)(C)C(C)(C)C)cc1.Cc1ccc(-c2cnc(N)c(-c3ccccc3)n2)cc1.Cc1ccc(-c2cnc(N)c(Br)n2)cc1.O[B]Oc1ccccc1.Oc1ccc(Cc2nc3c(-c4ccccc4)nc(-c4ccc(O)cc4)cn3c2O)cc1. The minimum Gasteiger partial charge on any atom is -0.544 e. The van der Waals surface area contributed by atoms with Gasteiger partial charge in [-0.1, -0.05) is 184 Å². The summed E-state index contributed by atoms with van der Waals surface area (Å²) in [6.45, 7) is 19.5. The van der Waals surface area contributed by atoms with Crippen molar-refractivity contribution in [1.29, 1.82) is 0 Å². The molecule has 0 aliphatic heterocycles. The van der Waals surface area contributed by atoms with Crippen molar-refractivity contribution in [1.82, 2.24) is 34.3 Å². The van der Waals surface area contributed by atoms with E-state index in [4.69, 9.17) is 35.6 Å². The van der Waals surface area contributed by atoms with Gasteiger partial charge in [0.05, 0.1) is 35.2 Å². The second-order valence-electron chi connectivity index (χ2n) is 24.1. The number of fused-ring (bicyclic) bond motifs is 1. The first-order chi connectivity index (χ1) is 46.5. The van der Waals surface area contributed by atoms with E-state index in [1.807, 2.05) is 153 Å². The van der Waals surface area contributed by atoms with Gasteiger partial charge in [-0.05, 0) is 134 Å². The number of phenols is 2. The number of carbonyl (C=O) groups excluding carboxylic acids is 1. The molecule has 0 aliphatic rings. The molecule has 0 saturated carbocycles. The lowest BCUT2D eigenvalue weighted by Gasteiger charge is -2.36. The number of aromatic nitrogens is 7. The van der Waals surface area contributed by atoms with E-state index < -0.39 is 8.32 Å². The van der Waals surface area contributed by atoms with E-state index in [2.05, 4.69) is 93.4 Å². The topological polar surface area (TPSA) is 259 Å². The van der Waals surface area contributed by atoms with Crippen LogP contribution < -0.4 is 20.5 Å². The lowest BCUT2D eigenvalue weighted by molar-refractivity contribution is -0.128. The van der Waals surface area contributed by atoms with Crippen molar-refractivity contribution in [2.45, 2.75) is 85.5 Å². The van der Waals surface area contributed by atoms with Crippen LogP contribution in [-0.4, -0.2) is 89.1 Å². The number of nitrogens with two attached hydrogens (primary N) is 2. The molecule has 0 saturated heterocycles. The van der Waals surface area contributed by atoms with Gasteiger partial charge < -0.3 is 45.6 Å². The largest absolute Gasteiger partial charge is 0.569 e. The van der Waals surface area contributed by atoms with Crippen molar-refractivity contribution in [3.63, 3.8) is 0 Å². The van der Waals surface area contributed by atoms with Crippen LogP contribution >= 0.6 is 15.9 Å². The quantitative estimate of drug-likeness (QED) is 0.0491. The summed E-state index contributed by atoms with van der Waals surface area (Å²) in [5.74, 6) is 2.91. The average Bonchev–Trinajstić information content (AvgIpc) is 1.63. The lowest BCUT2D eigenvalue weighted by Crippen LogP contribution is -2.43. The Morgan fingerprint density at radius 3 is 1.56 bits per heavy atom. The molecule has 1 atom stereocenters. The van der Waals surface area contributed by atoms with E-state index in [9.17, 15) is 20.1 Å². The molecule has 4 aromatic heterocycles. The summed E-state index contributed by atoms with van der Waals surface area (Å²) in [5.41, 5.74) is 25.4. The monoisotopic (exact) mass is 1380 g/mol. The van der Waals surface area contributed by atoms with Crippen molar-refractivity contribution < 1.29 is 39.0 Å². The number of nitrogens with zero attached hydrogens (tertiary/aromatic N) is 7. The highest BCUT2D eigenvalue weighted by molar-refractivity contribution is 9.10. The highest BCUT2D eigenvalue weighted by Crippen LogP contribution is 2.38. The summed E-state index contributed by atoms with van der Waals surface area (Å²) < 4.78 is 18.4. The number of rotatable bonds is 16. The number of Topliss-reactive ketones (excluding diaryl/α,β-unsaturated/α-hetero) is 1. The van der Waals surface area contributed by atoms with Crippen molar-refractivity contribution >= 4 is 55.0 Å². The molecule has 8 N–H and O–H groups in total. The Labute approximate surface area is 577 Å². The maximum absolute atomic E-state index is 12.0. The highest BCUT2D eigenvalue weighted by Gasteiger charge is 2.39. The number of ether oxygens (including phenoxy) is 1. The minimum atomic E-state index is -1.81. The van der Waals surface area contributed by atoms with Crippen LogP contribution in [0.5, 0.6) is 28.9 Å². The Bertz CT molecular complexity index is 4460. The minimum absolute atomic E-state index is 0.0442. The molecule has 17 nitrogen and oxygen atoms in total. The Hall–Kier alpha value is -10.5. The number of nitrogen functional groups attached to an aromatic ring is 2. The lowest BCUT2D eigenvalue weighted by atomic mass is 10.1. The van der Waals surface area contributed by atoms with Crippen LogP contribution in [-0.2, 0) is 22.4 Å². The Kier molecular flexibility index (Phi) is 25.5. The van der Waals surface area contributed by atoms with Crippen LogP contribution in [0, 0.1) is 13.8 Å². The molecule has 0 aliphatic carbocycles. The molecule has 8 aromatic carbocycles. The first kappa shape index (κ1) is 72.3. The predicted octanol–water partition coefficient (Wildman–Crippen LogP) is 16.5. The van der Waals surface area contributed by atoms with Crippen LogP contribution in [0.25, 0.3) is 61.9 Å². The van der Waals surface area contributed by atoms with Gasteiger partial charge in [0, 0.05) is 53.5 Å². The van der Waals surface area contributed by atoms with Crippen LogP contribution in [0.3, 0.4) is 0 Å². The third-order valence-corrected chi connectivity index (χ3v) is 20.7. The van der Waals surface area contributed by atoms with Crippen LogP contribution in [0.15, 0.2) is 236 Å². The van der Waals surface area contributed by atoms with Crippen molar-refractivity contribution in [2.75, 3.05) is 18.1 Å². The van der Waals surface area contributed by atoms with E-state index in [0.29, 0.717) is 71.9 Å². The van der Waals surface area contributed by atoms with Crippen LogP contribution in [0.2, 0.25) is 18.1 Å². The molecule has 1 unspecified atom stereocenters. The van der Waals surface area contributed by atoms with Gasteiger partial charge in [-0.3, -0.25) is 9.20 Å². The number of imidazole rings is 1. The molecule has 0 spiro atoms. The standard InChI is InChI=1S/C25H19N3O3.C18H30O3Si.C17H15N3.C11H10BrN3.C6H6BO2/c29-19-10-6-16(7-11-19)14-21-25(31)28-15-22(17-8-12-20(30)13-9-17)26-23(24(28)27-21)18-4-2-1-3-5-18;1-8-20-14(2)17(19)13-15-9-11-16(12-10-15)21-22(6,7)18(3,4)5;1-12-7-9-13(10-8-12)15-11-19-17(18)16(20-15)14-5-3-2-4-6-14;1-7-2-4-8(5-3-7)9-6-14-11(13)10(12)15-9;8-7-9-6-4-2-1-3-5-6/h1-13,15,29-31H,14H2;9-12,14H,8,13H2,1-7H3;2-11H,1H3,(H2,18,19);2-6H,1H3,(H2,13,14);1-5,8H. The zero-order valence-corrected chi connectivity index (χ0v) is 58.4. The number of halogens is 1. The molecule has 97 heavy (non-hydrogen) atoms. The zero-order chi connectivity index (χ0) is 69.7. The Morgan fingerprint density at radius 1 is 0.577 bits per heavy atom. The first-order valence-corrected chi connectivity index (χ1v) is 35.1. The third kappa shape index (κ3) is 20.7. The van der Waals surface area contributed by atoms with Gasteiger partial charge >= 0.3 is 7.69 Å². The van der Waals surface area contributed by atoms with E-state index in [-0.39, 0.29) is 34.3 Å². The van der Waals surface area contributed by atoms with E-state index in [0.717, 1.165) is 61.8 Å². The van der Waals surface area contributed by atoms with Gasteiger partial charge in [0.25, 0.3) is 0 Å². The maximum atomic E-state index is 12.0. The number of ketones is 1. The average molecular weight is 1380 g/mol. The van der Waals surface area contributed by atoms with Crippen LogP contribution in [0.1, 0.15) is 62.6 Å². The van der Waals surface area contributed by atoms with Gasteiger partial charge in [-0.15, -0.1) is 0 Å². The van der Waals surface area contributed by atoms with Crippen molar-refractivity contribution in [3.05, 3.63) is 263 Å². The first-order valence-electron chi connectivity index (χ1n) is 31.4. The fraction of sp³-hybridized carbons (Fsp3) is 0.182. The van der Waals surface area contributed by atoms with E-state index in [1.54, 1.807) is 90.6 Å². The second kappa shape index (κ2) is 34.2. The number of phenolic OH excluding ortho intramolecular Hbond substituents is 2. The molecule has 12 aromatic rings. The molecule has 0 amide bonds. The maximum Gasteiger partial charge on any atom is 0.569 e. The van der Waals surface area contributed by atoms with Gasteiger partial charge in [0.15, 0.2) is 17.2 Å². The number of para-hydroxylation sites is 1. The predicted molar refractivity (Wildman–Crippen MR) is 394 cm³/mol.